The highest BCUT2D eigenvalue weighted by atomic mass is 16.2. The smallest absolute Gasteiger partial charge is 0.241 e. The second-order valence-electron chi connectivity index (χ2n) is 5.32. The van der Waals surface area contributed by atoms with Crippen LogP contribution in [0.2, 0.25) is 0 Å². The standard InChI is InChI=1S/C15H21N3O2/c1-3-9(2)14(16)15(20)17-11-5-6-12-10(8-11)4-7-13(19)18-12/h5-6,8-9,14H,3-4,7,16H2,1-2H3,(H,17,20)(H,18,19)/t9?,14-/m0/s1. The Hall–Kier alpha value is -1.88. The van der Waals surface area contributed by atoms with Gasteiger partial charge in [0.25, 0.3) is 0 Å². The Morgan fingerprint density at radius 2 is 2.20 bits per heavy atom. The molecule has 0 fully saturated rings. The third-order valence-electron chi connectivity index (χ3n) is 3.83. The van der Waals surface area contributed by atoms with Gasteiger partial charge in [-0.15, -0.1) is 0 Å². The Kier molecular flexibility index (Phi) is 4.39. The Morgan fingerprint density at radius 1 is 1.45 bits per heavy atom. The number of hydrogen-bond donors (Lipinski definition) is 3. The van der Waals surface area contributed by atoms with Crippen molar-refractivity contribution in [2.45, 2.75) is 39.2 Å². The molecule has 0 bridgehead atoms. The minimum atomic E-state index is -0.504. The highest BCUT2D eigenvalue weighted by Crippen LogP contribution is 2.25. The molecule has 20 heavy (non-hydrogen) atoms. The number of carbonyl (C=O) groups is 2. The predicted molar refractivity (Wildman–Crippen MR) is 79.5 cm³/mol. The lowest BCUT2D eigenvalue weighted by molar-refractivity contribution is -0.118. The second-order valence-corrected chi connectivity index (χ2v) is 5.32. The average Bonchev–Trinajstić information content (AvgIpc) is 2.45. The first-order valence-electron chi connectivity index (χ1n) is 7.00. The van der Waals surface area contributed by atoms with Gasteiger partial charge in [0.05, 0.1) is 6.04 Å². The molecule has 0 spiro atoms. The molecule has 2 atom stereocenters. The number of anilines is 2. The van der Waals surface area contributed by atoms with E-state index >= 15 is 0 Å². The maximum Gasteiger partial charge on any atom is 0.241 e. The van der Waals surface area contributed by atoms with Gasteiger partial charge in [-0.3, -0.25) is 9.59 Å². The van der Waals surface area contributed by atoms with Gasteiger partial charge in [0, 0.05) is 17.8 Å². The second kappa shape index (κ2) is 6.05. The minimum Gasteiger partial charge on any atom is -0.326 e. The number of hydrogen-bond acceptors (Lipinski definition) is 3. The van der Waals surface area contributed by atoms with Gasteiger partial charge in [0.1, 0.15) is 0 Å². The van der Waals surface area contributed by atoms with E-state index in [-0.39, 0.29) is 17.7 Å². The van der Waals surface area contributed by atoms with Crippen LogP contribution >= 0.6 is 0 Å². The van der Waals surface area contributed by atoms with Crippen molar-refractivity contribution in [2.24, 2.45) is 11.7 Å². The summed E-state index contributed by atoms with van der Waals surface area (Å²) < 4.78 is 0. The van der Waals surface area contributed by atoms with Crippen LogP contribution in [0.4, 0.5) is 11.4 Å². The van der Waals surface area contributed by atoms with E-state index in [0.29, 0.717) is 12.8 Å². The molecule has 5 heteroatoms. The molecular formula is C15H21N3O2. The van der Waals surface area contributed by atoms with Gasteiger partial charge in [-0.25, -0.2) is 0 Å². The van der Waals surface area contributed by atoms with Crippen molar-refractivity contribution in [1.29, 1.82) is 0 Å². The Morgan fingerprint density at radius 3 is 2.90 bits per heavy atom. The van der Waals surface area contributed by atoms with Crippen molar-refractivity contribution >= 4 is 23.2 Å². The van der Waals surface area contributed by atoms with E-state index in [2.05, 4.69) is 10.6 Å². The van der Waals surface area contributed by atoms with Gasteiger partial charge in [0.2, 0.25) is 11.8 Å². The van der Waals surface area contributed by atoms with Crippen LogP contribution in [0, 0.1) is 5.92 Å². The van der Waals surface area contributed by atoms with Gasteiger partial charge in [-0.2, -0.15) is 0 Å². The van der Waals surface area contributed by atoms with Crippen molar-refractivity contribution in [1.82, 2.24) is 0 Å². The lowest BCUT2D eigenvalue weighted by Gasteiger charge is -2.20. The summed E-state index contributed by atoms with van der Waals surface area (Å²) in [6.45, 7) is 3.98. The van der Waals surface area contributed by atoms with Gasteiger partial charge < -0.3 is 16.4 Å². The van der Waals surface area contributed by atoms with Crippen LogP contribution in [0.1, 0.15) is 32.3 Å². The average molecular weight is 275 g/mol. The van der Waals surface area contributed by atoms with Gasteiger partial charge >= 0.3 is 0 Å². The Balaban J connectivity index is 2.07. The van der Waals surface area contributed by atoms with Crippen molar-refractivity contribution in [3.8, 4) is 0 Å². The number of rotatable bonds is 4. The molecule has 1 aliphatic heterocycles. The molecule has 4 N–H and O–H groups in total. The summed E-state index contributed by atoms with van der Waals surface area (Å²) in [5, 5.41) is 5.66. The van der Waals surface area contributed by atoms with E-state index in [4.69, 9.17) is 5.73 Å². The molecule has 2 amide bonds. The van der Waals surface area contributed by atoms with Crippen LogP contribution in [0.25, 0.3) is 0 Å². The van der Waals surface area contributed by atoms with E-state index < -0.39 is 6.04 Å². The van der Waals surface area contributed by atoms with Gasteiger partial charge in [-0.1, -0.05) is 20.3 Å². The Bertz CT molecular complexity index is 528. The zero-order chi connectivity index (χ0) is 14.7. The van der Waals surface area contributed by atoms with Crippen molar-refractivity contribution < 1.29 is 9.59 Å². The first kappa shape index (κ1) is 14.5. The van der Waals surface area contributed by atoms with Crippen LogP contribution < -0.4 is 16.4 Å². The molecule has 108 valence electrons. The van der Waals surface area contributed by atoms with E-state index in [1.807, 2.05) is 26.0 Å². The number of benzene rings is 1. The van der Waals surface area contributed by atoms with E-state index in [0.717, 1.165) is 23.4 Å². The quantitative estimate of drug-likeness (QED) is 0.784. The molecule has 0 saturated heterocycles. The van der Waals surface area contributed by atoms with Gasteiger partial charge in [0.15, 0.2) is 0 Å². The summed E-state index contributed by atoms with van der Waals surface area (Å²) in [4.78, 5) is 23.3. The highest BCUT2D eigenvalue weighted by molar-refractivity contribution is 5.97. The highest BCUT2D eigenvalue weighted by Gasteiger charge is 2.20. The fourth-order valence-electron chi connectivity index (χ4n) is 2.20. The van der Waals surface area contributed by atoms with Crippen molar-refractivity contribution in [3.05, 3.63) is 23.8 Å². The molecule has 0 saturated carbocycles. The topological polar surface area (TPSA) is 84.2 Å². The molecule has 0 aliphatic carbocycles. The summed E-state index contributed by atoms with van der Waals surface area (Å²) in [5.41, 5.74) is 8.50. The molecule has 5 nitrogen and oxygen atoms in total. The fourth-order valence-corrected chi connectivity index (χ4v) is 2.20. The molecule has 1 aromatic carbocycles. The number of fused-ring (bicyclic) bond motifs is 1. The van der Waals surface area contributed by atoms with Crippen LogP contribution in [-0.4, -0.2) is 17.9 Å². The van der Waals surface area contributed by atoms with E-state index in [1.165, 1.54) is 0 Å². The molecule has 1 aromatic rings. The molecule has 1 aliphatic rings. The van der Waals surface area contributed by atoms with E-state index in [1.54, 1.807) is 6.07 Å². The summed E-state index contributed by atoms with van der Waals surface area (Å²) in [6, 6.07) is 4.99. The van der Waals surface area contributed by atoms with Crippen LogP contribution in [0.15, 0.2) is 18.2 Å². The summed E-state index contributed by atoms with van der Waals surface area (Å²) >= 11 is 0. The molecule has 0 aromatic heterocycles. The Labute approximate surface area is 118 Å². The number of amides is 2. The zero-order valence-electron chi connectivity index (χ0n) is 11.9. The van der Waals surface area contributed by atoms with Crippen LogP contribution in [0.3, 0.4) is 0 Å². The number of carbonyl (C=O) groups excluding carboxylic acids is 2. The lowest BCUT2D eigenvalue weighted by Crippen LogP contribution is -2.40. The maximum absolute atomic E-state index is 12.0. The maximum atomic E-state index is 12.0. The van der Waals surface area contributed by atoms with E-state index in [9.17, 15) is 9.59 Å². The van der Waals surface area contributed by atoms with Crippen molar-refractivity contribution in [2.75, 3.05) is 10.6 Å². The summed E-state index contributed by atoms with van der Waals surface area (Å²) in [7, 11) is 0. The number of aryl methyl sites for hydroxylation is 1. The number of nitrogens with one attached hydrogen (secondary N) is 2. The zero-order valence-corrected chi connectivity index (χ0v) is 11.9. The van der Waals surface area contributed by atoms with Crippen molar-refractivity contribution in [3.63, 3.8) is 0 Å². The largest absolute Gasteiger partial charge is 0.326 e. The molecule has 1 heterocycles. The first-order valence-corrected chi connectivity index (χ1v) is 7.00. The third-order valence-corrected chi connectivity index (χ3v) is 3.83. The fraction of sp³-hybridized carbons (Fsp3) is 0.467. The normalized spacial score (nSPS) is 16.9. The van der Waals surface area contributed by atoms with Crippen LogP contribution in [-0.2, 0) is 16.0 Å². The summed E-state index contributed by atoms with van der Waals surface area (Å²) in [6.07, 6.45) is 2.05. The molecule has 0 radical (unpaired) electrons. The molecular weight excluding hydrogens is 254 g/mol. The molecule has 2 rings (SSSR count). The predicted octanol–water partition coefficient (Wildman–Crippen LogP) is 1.88. The summed E-state index contributed by atoms with van der Waals surface area (Å²) in [5.74, 6) is 0.0131. The van der Waals surface area contributed by atoms with Gasteiger partial charge in [-0.05, 0) is 36.1 Å². The number of nitrogens with two attached hydrogens (primary N) is 1. The molecule has 1 unspecified atom stereocenters. The third kappa shape index (κ3) is 3.17. The minimum absolute atomic E-state index is 0.0353. The lowest BCUT2D eigenvalue weighted by atomic mass is 9.99. The first-order chi connectivity index (χ1) is 9.51. The SMILES string of the molecule is CCC(C)[C@H](N)C(=O)Nc1ccc2c(c1)CCC(=O)N2. The monoisotopic (exact) mass is 275 g/mol. The van der Waals surface area contributed by atoms with Crippen LogP contribution in [0.5, 0.6) is 0 Å².